The maximum absolute atomic E-state index is 11.8. The maximum Gasteiger partial charge on any atom is 0.338 e. The lowest BCUT2D eigenvalue weighted by Gasteiger charge is -2.38. The topological polar surface area (TPSA) is 104 Å². The second-order valence-corrected chi connectivity index (χ2v) is 8.00. The molecule has 0 aliphatic carbocycles. The van der Waals surface area contributed by atoms with Crippen molar-refractivity contribution in [3.8, 4) is 17.2 Å². The number of rotatable bonds is 9. The van der Waals surface area contributed by atoms with Crippen molar-refractivity contribution in [1.29, 1.82) is 0 Å². The molecule has 0 saturated carbocycles. The Balaban J connectivity index is 0.00000432. The first-order valence-electron chi connectivity index (χ1n) is 11.0. The summed E-state index contributed by atoms with van der Waals surface area (Å²) in [6.45, 7) is 5.69. The number of methoxy groups -OCH3 is 4. The average Bonchev–Trinajstić information content (AvgIpc) is 2.87. The summed E-state index contributed by atoms with van der Waals surface area (Å²) in [6.07, 6.45) is 0. The van der Waals surface area contributed by atoms with Gasteiger partial charge >= 0.3 is 5.97 Å². The predicted octanol–water partition coefficient (Wildman–Crippen LogP) is 3.71. The van der Waals surface area contributed by atoms with Crippen molar-refractivity contribution < 1.29 is 28.7 Å². The van der Waals surface area contributed by atoms with E-state index in [4.69, 9.17) is 18.9 Å². The Kier molecular flexibility index (Phi) is 10.1. The molecule has 35 heavy (non-hydrogen) atoms. The Morgan fingerprint density at radius 2 is 1.66 bits per heavy atom. The molecule has 1 saturated heterocycles. The zero-order chi connectivity index (χ0) is 24.8. The van der Waals surface area contributed by atoms with Crippen LogP contribution in [0.1, 0.15) is 34.5 Å². The summed E-state index contributed by atoms with van der Waals surface area (Å²) in [6, 6.07) is 8.18. The molecule has 2 aromatic rings. The van der Waals surface area contributed by atoms with Gasteiger partial charge in [0.25, 0.3) is 5.69 Å². The predicted molar refractivity (Wildman–Crippen MR) is 133 cm³/mol. The molecule has 0 aromatic heterocycles. The summed E-state index contributed by atoms with van der Waals surface area (Å²) in [5, 5.41) is 11.7. The second kappa shape index (κ2) is 12.6. The normalized spacial score (nSPS) is 15.0. The fraction of sp³-hybridized carbons (Fsp3) is 0.458. The number of nitro benzene ring substituents is 1. The fourth-order valence-electron chi connectivity index (χ4n) is 4.33. The molecule has 1 fully saturated rings. The number of hydrogen-bond acceptors (Lipinski definition) is 9. The number of benzene rings is 2. The van der Waals surface area contributed by atoms with Crippen LogP contribution in [0.25, 0.3) is 0 Å². The molecule has 0 bridgehead atoms. The summed E-state index contributed by atoms with van der Waals surface area (Å²) in [4.78, 5) is 27.5. The van der Waals surface area contributed by atoms with E-state index in [0.717, 1.165) is 31.7 Å². The van der Waals surface area contributed by atoms with Gasteiger partial charge in [-0.2, -0.15) is 0 Å². The van der Waals surface area contributed by atoms with Gasteiger partial charge < -0.3 is 18.9 Å². The van der Waals surface area contributed by atoms with Gasteiger partial charge in [-0.05, 0) is 25.1 Å². The summed E-state index contributed by atoms with van der Waals surface area (Å²) in [7, 11) is 6.03. The van der Waals surface area contributed by atoms with Crippen LogP contribution in [-0.4, -0.2) is 75.3 Å². The van der Waals surface area contributed by atoms with Gasteiger partial charge in [0.05, 0.1) is 38.9 Å². The van der Waals surface area contributed by atoms with Gasteiger partial charge in [0.1, 0.15) is 0 Å². The van der Waals surface area contributed by atoms with E-state index in [-0.39, 0.29) is 29.7 Å². The summed E-state index contributed by atoms with van der Waals surface area (Å²) in [5.74, 6) is 1.24. The van der Waals surface area contributed by atoms with Crippen LogP contribution in [0.3, 0.4) is 0 Å². The van der Waals surface area contributed by atoms with Crippen molar-refractivity contribution in [2.45, 2.75) is 19.5 Å². The largest absolute Gasteiger partial charge is 0.493 e. The quantitative estimate of drug-likeness (QED) is 0.284. The van der Waals surface area contributed by atoms with Gasteiger partial charge in [0.15, 0.2) is 11.5 Å². The Morgan fingerprint density at radius 1 is 1.00 bits per heavy atom. The highest BCUT2D eigenvalue weighted by molar-refractivity contribution is 5.90. The van der Waals surface area contributed by atoms with E-state index in [2.05, 4.69) is 9.80 Å². The molecule has 1 aliphatic rings. The Labute approximate surface area is 211 Å². The molecule has 0 radical (unpaired) electrons. The maximum atomic E-state index is 11.8. The lowest BCUT2D eigenvalue weighted by atomic mass is 10.0. The summed E-state index contributed by atoms with van der Waals surface area (Å²) in [5.41, 5.74) is 1.66. The van der Waals surface area contributed by atoms with Crippen LogP contribution in [0.15, 0.2) is 30.3 Å². The van der Waals surface area contributed by atoms with Crippen LogP contribution in [0.2, 0.25) is 0 Å². The SMILES string of the molecule is COC(=O)c1ccc(C(C)N2CCN(Cc3ccc(OC)c(OC)c3OC)CC2)c([N+](=O)[O-])c1.Cl. The number of carbonyl (C=O) groups excluding carboxylic acids is 1. The Hall–Kier alpha value is -3.08. The van der Waals surface area contributed by atoms with Crippen LogP contribution in [0.4, 0.5) is 5.69 Å². The molecule has 1 atom stereocenters. The first-order valence-corrected chi connectivity index (χ1v) is 11.0. The summed E-state index contributed by atoms with van der Waals surface area (Å²) >= 11 is 0. The van der Waals surface area contributed by atoms with Crippen LogP contribution < -0.4 is 14.2 Å². The van der Waals surface area contributed by atoms with Gasteiger partial charge in [-0.15, -0.1) is 12.4 Å². The zero-order valence-corrected chi connectivity index (χ0v) is 21.4. The number of halogens is 1. The molecule has 0 N–H and O–H groups in total. The zero-order valence-electron chi connectivity index (χ0n) is 20.6. The van der Waals surface area contributed by atoms with Crippen molar-refractivity contribution in [2.75, 3.05) is 54.6 Å². The molecule has 10 nitrogen and oxygen atoms in total. The summed E-state index contributed by atoms with van der Waals surface area (Å²) < 4.78 is 21.1. The number of nitrogens with zero attached hydrogens (tertiary/aromatic N) is 3. The number of piperazine rings is 1. The van der Waals surface area contributed by atoms with E-state index < -0.39 is 10.9 Å². The number of hydrogen-bond donors (Lipinski definition) is 0. The monoisotopic (exact) mass is 509 g/mol. The minimum absolute atomic E-state index is 0. The molecule has 2 aromatic carbocycles. The van der Waals surface area contributed by atoms with Gasteiger partial charge in [-0.1, -0.05) is 6.07 Å². The highest BCUT2D eigenvalue weighted by Gasteiger charge is 2.28. The van der Waals surface area contributed by atoms with E-state index in [0.29, 0.717) is 29.4 Å². The van der Waals surface area contributed by atoms with Crippen molar-refractivity contribution in [1.82, 2.24) is 9.80 Å². The molecule has 0 amide bonds. The standard InChI is InChI=1S/C24H31N3O7.ClH/c1-16(19-8-6-17(24(28)34-5)14-20(19)27(29)30)26-12-10-25(11-13-26)15-18-7-9-21(31-2)23(33-4)22(18)32-3;/h6-9,14,16H,10-13,15H2,1-5H3;1H. The highest BCUT2D eigenvalue weighted by Crippen LogP contribution is 2.40. The highest BCUT2D eigenvalue weighted by atomic mass is 35.5. The van der Waals surface area contributed by atoms with Crippen molar-refractivity contribution >= 4 is 24.1 Å². The van der Waals surface area contributed by atoms with Crippen LogP contribution in [-0.2, 0) is 11.3 Å². The van der Waals surface area contributed by atoms with Crippen LogP contribution >= 0.6 is 12.4 Å². The van der Waals surface area contributed by atoms with E-state index in [9.17, 15) is 14.9 Å². The van der Waals surface area contributed by atoms with Crippen LogP contribution in [0.5, 0.6) is 17.2 Å². The fourth-order valence-corrected chi connectivity index (χ4v) is 4.33. The molecule has 0 spiro atoms. The van der Waals surface area contributed by atoms with Crippen molar-refractivity contribution in [2.24, 2.45) is 0 Å². The van der Waals surface area contributed by atoms with E-state index in [1.807, 2.05) is 19.1 Å². The first-order chi connectivity index (χ1) is 16.3. The van der Waals surface area contributed by atoms with E-state index >= 15 is 0 Å². The minimum atomic E-state index is -0.596. The molecule has 192 valence electrons. The first kappa shape index (κ1) is 28.2. The smallest absolute Gasteiger partial charge is 0.338 e. The third-order valence-corrected chi connectivity index (χ3v) is 6.23. The van der Waals surface area contributed by atoms with Gasteiger partial charge in [-0.25, -0.2) is 4.79 Å². The molecular weight excluding hydrogens is 478 g/mol. The van der Waals surface area contributed by atoms with Crippen molar-refractivity contribution in [3.63, 3.8) is 0 Å². The van der Waals surface area contributed by atoms with E-state index in [1.165, 1.54) is 13.2 Å². The van der Waals surface area contributed by atoms with Crippen LogP contribution in [0, 0.1) is 10.1 Å². The van der Waals surface area contributed by atoms with Gasteiger partial charge in [-0.3, -0.25) is 19.9 Å². The Bertz CT molecular complexity index is 1040. The third-order valence-electron chi connectivity index (χ3n) is 6.23. The van der Waals surface area contributed by atoms with E-state index in [1.54, 1.807) is 33.5 Å². The lowest BCUT2D eigenvalue weighted by Crippen LogP contribution is -2.46. The molecule has 1 aliphatic heterocycles. The second-order valence-electron chi connectivity index (χ2n) is 8.00. The minimum Gasteiger partial charge on any atom is -0.493 e. The molecule has 1 unspecified atom stereocenters. The average molecular weight is 510 g/mol. The lowest BCUT2D eigenvalue weighted by molar-refractivity contribution is -0.386. The number of carbonyl (C=O) groups is 1. The van der Waals surface area contributed by atoms with Crippen molar-refractivity contribution in [3.05, 3.63) is 57.1 Å². The third kappa shape index (κ3) is 6.14. The molecular formula is C24H32ClN3O7. The number of esters is 1. The van der Waals surface area contributed by atoms with Gasteiger partial charge in [0, 0.05) is 56.0 Å². The van der Waals surface area contributed by atoms with Gasteiger partial charge in [0.2, 0.25) is 5.75 Å². The number of ether oxygens (including phenoxy) is 4. The molecule has 3 rings (SSSR count). The Morgan fingerprint density at radius 3 is 2.20 bits per heavy atom. The molecule has 11 heteroatoms. The number of nitro groups is 1. The molecule has 1 heterocycles.